The number of hydrogen-bond donors (Lipinski definition) is 1. The Balaban J connectivity index is 1.26. The van der Waals surface area contributed by atoms with Crippen LogP contribution < -0.4 is 0 Å². The summed E-state index contributed by atoms with van der Waals surface area (Å²) >= 11 is 0. The van der Waals surface area contributed by atoms with E-state index in [9.17, 15) is 9.18 Å². The third kappa shape index (κ3) is 4.19. The Morgan fingerprint density at radius 1 is 1.00 bits per heavy atom. The van der Waals surface area contributed by atoms with Crippen LogP contribution in [0.2, 0.25) is 0 Å². The van der Waals surface area contributed by atoms with Gasteiger partial charge >= 0.3 is 0 Å². The number of rotatable bonds is 5. The second-order valence-corrected chi connectivity index (χ2v) is 7.14. The van der Waals surface area contributed by atoms with Crippen molar-refractivity contribution < 1.29 is 9.18 Å². The third-order valence-electron chi connectivity index (χ3n) is 5.37. The van der Waals surface area contributed by atoms with E-state index in [0.717, 1.165) is 44.7 Å². The van der Waals surface area contributed by atoms with Crippen molar-refractivity contribution in [2.75, 3.05) is 32.7 Å². The van der Waals surface area contributed by atoms with Crippen LogP contribution in [-0.4, -0.2) is 53.4 Å². The monoisotopic (exact) mass is 365 g/mol. The summed E-state index contributed by atoms with van der Waals surface area (Å²) in [4.78, 5) is 20.1. The Morgan fingerprint density at radius 3 is 2.52 bits per heavy atom. The van der Waals surface area contributed by atoms with E-state index in [4.69, 9.17) is 0 Å². The fourth-order valence-corrected chi connectivity index (χ4v) is 3.73. The van der Waals surface area contributed by atoms with Crippen LogP contribution in [0.4, 0.5) is 4.39 Å². The summed E-state index contributed by atoms with van der Waals surface area (Å²) in [7, 11) is 0. The van der Waals surface area contributed by atoms with Crippen molar-refractivity contribution in [3.63, 3.8) is 0 Å². The van der Waals surface area contributed by atoms with Crippen molar-refractivity contribution in [1.29, 1.82) is 0 Å². The average Bonchev–Trinajstić information content (AvgIpc) is 3.12. The summed E-state index contributed by atoms with van der Waals surface area (Å²) in [5, 5.41) is 1.30. The van der Waals surface area contributed by atoms with Crippen molar-refractivity contribution in [2.45, 2.75) is 12.8 Å². The standard InChI is InChI=1S/C22H24FN3O/c23-19-7-5-17(6-8-19)15-22(27)26-13-11-25(12-14-26)10-9-18-16-24-21-4-2-1-3-20(18)21/h1-8,16,24H,9-15H2. The lowest BCUT2D eigenvalue weighted by molar-refractivity contribution is -0.132. The van der Waals surface area contributed by atoms with Crippen molar-refractivity contribution in [3.05, 3.63) is 71.7 Å². The summed E-state index contributed by atoms with van der Waals surface area (Å²) in [5.41, 5.74) is 3.40. The number of aromatic nitrogens is 1. The second kappa shape index (κ2) is 7.92. The van der Waals surface area contributed by atoms with Gasteiger partial charge in [0.2, 0.25) is 5.91 Å². The first-order chi connectivity index (χ1) is 13.2. The number of nitrogens with zero attached hydrogens (tertiary/aromatic N) is 2. The smallest absolute Gasteiger partial charge is 0.227 e. The fourth-order valence-electron chi connectivity index (χ4n) is 3.73. The molecule has 1 saturated heterocycles. The Hall–Kier alpha value is -2.66. The van der Waals surface area contributed by atoms with E-state index in [1.807, 2.05) is 11.0 Å². The van der Waals surface area contributed by atoms with Crippen molar-refractivity contribution in [1.82, 2.24) is 14.8 Å². The molecule has 1 aliphatic heterocycles. The van der Waals surface area contributed by atoms with E-state index in [0.29, 0.717) is 6.42 Å². The van der Waals surface area contributed by atoms with Gasteiger partial charge in [-0.3, -0.25) is 9.69 Å². The van der Waals surface area contributed by atoms with E-state index in [2.05, 4.69) is 34.3 Å². The van der Waals surface area contributed by atoms with E-state index in [-0.39, 0.29) is 11.7 Å². The van der Waals surface area contributed by atoms with Crippen molar-refractivity contribution in [3.8, 4) is 0 Å². The first kappa shape index (κ1) is 17.7. The van der Waals surface area contributed by atoms with Gasteiger partial charge in [0.15, 0.2) is 0 Å². The molecule has 1 aromatic heterocycles. The van der Waals surface area contributed by atoms with Crippen LogP contribution in [0.3, 0.4) is 0 Å². The zero-order chi connectivity index (χ0) is 18.6. The molecule has 140 valence electrons. The minimum absolute atomic E-state index is 0.123. The molecule has 0 unspecified atom stereocenters. The number of piperazine rings is 1. The SMILES string of the molecule is O=C(Cc1ccc(F)cc1)N1CCN(CCc2c[nH]c3ccccc23)CC1. The third-order valence-corrected chi connectivity index (χ3v) is 5.37. The summed E-state index contributed by atoms with van der Waals surface area (Å²) in [6.07, 6.45) is 3.45. The van der Waals surface area contributed by atoms with Crippen LogP contribution >= 0.6 is 0 Å². The molecule has 1 fully saturated rings. The lowest BCUT2D eigenvalue weighted by atomic mass is 10.1. The lowest BCUT2D eigenvalue weighted by Gasteiger charge is -2.34. The number of benzene rings is 2. The molecule has 1 aliphatic rings. The van der Waals surface area contributed by atoms with Crippen LogP contribution in [0.1, 0.15) is 11.1 Å². The molecule has 5 heteroatoms. The van der Waals surface area contributed by atoms with Gasteiger partial charge in [-0.05, 0) is 35.7 Å². The zero-order valence-electron chi connectivity index (χ0n) is 15.3. The molecular weight excluding hydrogens is 341 g/mol. The predicted octanol–water partition coefficient (Wildman–Crippen LogP) is 3.24. The maximum atomic E-state index is 13.0. The molecule has 0 spiro atoms. The maximum absolute atomic E-state index is 13.0. The van der Waals surface area contributed by atoms with Crippen LogP contribution in [0, 0.1) is 5.82 Å². The van der Waals surface area contributed by atoms with Crippen LogP contribution in [0.5, 0.6) is 0 Å². The average molecular weight is 365 g/mol. The number of H-pyrrole nitrogens is 1. The number of amides is 1. The Morgan fingerprint density at radius 2 is 1.74 bits per heavy atom. The first-order valence-electron chi connectivity index (χ1n) is 9.48. The molecule has 1 amide bonds. The molecule has 0 aliphatic carbocycles. The largest absolute Gasteiger partial charge is 0.361 e. The predicted molar refractivity (Wildman–Crippen MR) is 105 cm³/mol. The number of nitrogens with one attached hydrogen (secondary N) is 1. The molecule has 1 N–H and O–H groups in total. The summed E-state index contributed by atoms with van der Waals surface area (Å²) in [6.45, 7) is 4.32. The van der Waals surface area contributed by atoms with Crippen molar-refractivity contribution >= 4 is 16.8 Å². The lowest BCUT2D eigenvalue weighted by Crippen LogP contribution is -2.49. The summed E-state index contributed by atoms with van der Waals surface area (Å²) in [6, 6.07) is 14.6. The topological polar surface area (TPSA) is 39.3 Å². The van der Waals surface area contributed by atoms with E-state index >= 15 is 0 Å². The molecule has 0 atom stereocenters. The van der Waals surface area contributed by atoms with Crippen molar-refractivity contribution in [2.24, 2.45) is 0 Å². The Bertz CT molecular complexity index is 911. The Kier molecular flexibility index (Phi) is 5.21. The van der Waals surface area contributed by atoms with Crippen LogP contribution in [-0.2, 0) is 17.6 Å². The van der Waals surface area contributed by atoms with Gasteiger partial charge < -0.3 is 9.88 Å². The highest BCUT2D eigenvalue weighted by Crippen LogP contribution is 2.18. The minimum Gasteiger partial charge on any atom is -0.361 e. The highest BCUT2D eigenvalue weighted by Gasteiger charge is 2.21. The normalized spacial score (nSPS) is 15.4. The maximum Gasteiger partial charge on any atom is 0.227 e. The summed E-state index contributed by atoms with van der Waals surface area (Å²) in [5.74, 6) is -0.145. The molecule has 0 bridgehead atoms. The van der Waals surface area contributed by atoms with E-state index in [1.165, 1.54) is 28.6 Å². The molecule has 2 heterocycles. The number of halogens is 1. The molecular formula is C22H24FN3O. The number of fused-ring (bicyclic) bond motifs is 1. The number of aromatic amines is 1. The zero-order valence-corrected chi connectivity index (χ0v) is 15.3. The van der Waals surface area contributed by atoms with Gasteiger partial charge in [0, 0.05) is 49.8 Å². The molecule has 27 heavy (non-hydrogen) atoms. The minimum atomic E-state index is -0.269. The molecule has 4 rings (SSSR count). The molecule has 3 aromatic rings. The quantitative estimate of drug-likeness (QED) is 0.754. The number of hydrogen-bond acceptors (Lipinski definition) is 2. The van der Waals surface area contributed by atoms with Gasteiger partial charge in [0.25, 0.3) is 0 Å². The molecule has 0 radical (unpaired) electrons. The van der Waals surface area contributed by atoms with Gasteiger partial charge in [-0.2, -0.15) is 0 Å². The number of carbonyl (C=O) groups is 1. The van der Waals surface area contributed by atoms with E-state index < -0.39 is 0 Å². The van der Waals surface area contributed by atoms with Gasteiger partial charge in [0.05, 0.1) is 6.42 Å². The first-order valence-corrected chi connectivity index (χ1v) is 9.48. The van der Waals surface area contributed by atoms with E-state index in [1.54, 1.807) is 12.1 Å². The molecule has 4 nitrogen and oxygen atoms in total. The number of para-hydroxylation sites is 1. The molecule has 0 saturated carbocycles. The Labute approximate surface area is 158 Å². The summed E-state index contributed by atoms with van der Waals surface area (Å²) < 4.78 is 13.0. The van der Waals surface area contributed by atoms with Gasteiger partial charge in [-0.1, -0.05) is 30.3 Å². The van der Waals surface area contributed by atoms with Gasteiger partial charge in [0.1, 0.15) is 5.82 Å². The highest BCUT2D eigenvalue weighted by atomic mass is 19.1. The van der Waals surface area contributed by atoms with Crippen LogP contribution in [0.25, 0.3) is 10.9 Å². The molecule has 2 aromatic carbocycles. The fraction of sp³-hybridized carbons (Fsp3) is 0.318. The van der Waals surface area contributed by atoms with Gasteiger partial charge in [-0.25, -0.2) is 4.39 Å². The highest BCUT2D eigenvalue weighted by molar-refractivity contribution is 5.83. The van der Waals surface area contributed by atoms with Crippen LogP contribution in [0.15, 0.2) is 54.7 Å². The van der Waals surface area contributed by atoms with Gasteiger partial charge in [-0.15, -0.1) is 0 Å². The second-order valence-electron chi connectivity index (χ2n) is 7.14. The number of carbonyl (C=O) groups excluding carboxylic acids is 1.